The van der Waals surface area contributed by atoms with Crippen LogP contribution in [-0.4, -0.2) is 47.6 Å². The van der Waals surface area contributed by atoms with Crippen LogP contribution in [-0.2, 0) is 13.6 Å². The molecule has 1 aliphatic rings. The van der Waals surface area contributed by atoms with Crippen molar-refractivity contribution in [2.24, 2.45) is 7.05 Å². The van der Waals surface area contributed by atoms with Gasteiger partial charge in [-0.1, -0.05) is 0 Å². The number of anilines is 1. The van der Waals surface area contributed by atoms with Crippen LogP contribution in [0.15, 0.2) is 31.0 Å². The topological polar surface area (TPSA) is 77.5 Å². The van der Waals surface area contributed by atoms with E-state index in [2.05, 4.69) is 25.3 Å². The van der Waals surface area contributed by atoms with Gasteiger partial charge in [0.05, 0.1) is 0 Å². The molecule has 4 rings (SSSR count). The van der Waals surface area contributed by atoms with E-state index in [1.54, 1.807) is 23.3 Å². The molecule has 0 N–H and O–H groups in total. The molecule has 9 heteroatoms. The Hall–Kier alpha value is -2.84. The van der Waals surface area contributed by atoms with Crippen LogP contribution in [0.5, 0.6) is 0 Å². The van der Waals surface area contributed by atoms with Gasteiger partial charge in [0.1, 0.15) is 25.0 Å². The Balaban J connectivity index is 1.44. The van der Waals surface area contributed by atoms with Gasteiger partial charge in [0.15, 0.2) is 17.5 Å². The van der Waals surface area contributed by atoms with Crippen molar-refractivity contribution in [2.75, 3.05) is 18.0 Å². The Morgan fingerprint density at radius 3 is 2.80 bits per heavy atom. The summed E-state index contributed by atoms with van der Waals surface area (Å²) in [6.45, 7) is 2.05. The fourth-order valence-electron chi connectivity index (χ4n) is 3.29. The number of aromatic nitrogens is 7. The van der Waals surface area contributed by atoms with E-state index < -0.39 is 0 Å². The number of hydrogen-bond donors (Lipinski definition) is 0. The summed E-state index contributed by atoms with van der Waals surface area (Å²) in [7, 11) is 1.98. The number of piperidine rings is 1. The quantitative estimate of drug-likeness (QED) is 0.713. The van der Waals surface area contributed by atoms with Crippen molar-refractivity contribution in [1.29, 1.82) is 0 Å². The highest BCUT2D eigenvalue weighted by Crippen LogP contribution is 2.29. The maximum Gasteiger partial charge on any atom is 0.165 e. The summed E-state index contributed by atoms with van der Waals surface area (Å²) >= 11 is 0. The molecule has 0 amide bonds. The van der Waals surface area contributed by atoms with E-state index in [0.717, 1.165) is 37.6 Å². The van der Waals surface area contributed by atoms with Crippen LogP contribution in [0.3, 0.4) is 0 Å². The molecule has 0 aliphatic carbocycles. The van der Waals surface area contributed by atoms with Crippen molar-refractivity contribution >= 4 is 5.82 Å². The summed E-state index contributed by atoms with van der Waals surface area (Å²) in [5.74, 6) is 2.29. The van der Waals surface area contributed by atoms with Crippen molar-refractivity contribution in [3.8, 4) is 0 Å². The molecule has 8 nitrogen and oxygen atoms in total. The average molecular weight is 342 g/mol. The van der Waals surface area contributed by atoms with Crippen molar-refractivity contribution in [1.82, 2.24) is 34.5 Å². The first-order valence-electron chi connectivity index (χ1n) is 8.28. The van der Waals surface area contributed by atoms with Crippen LogP contribution < -0.4 is 4.90 Å². The number of pyridine rings is 1. The lowest BCUT2D eigenvalue weighted by molar-refractivity contribution is 0.464. The zero-order valence-corrected chi connectivity index (χ0v) is 14.0. The molecule has 1 fully saturated rings. The molecule has 3 aromatic rings. The zero-order valence-electron chi connectivity index (χ0n) is 14.0. The monoisotopic (exact) mass is 342 g/mol. The van der Waals surface area contributed by atoms with Gasteiger partial charge >= 0.3 is 0 Å². The second-order valence-electron chi connectivity index (χ2n) is 6.20. The van der Waals surface area contributed by atoms with Gasteiger partial charge in [0.2, 0.25) is 0 Å². The van der Waals surface area contributed by atoms with Crippen LogP contribution >= 0.6 is 0 Å². The number of hydrogen-bond acceptors (Lipinski definition) is 6. The molecule has 0 saturated carbocycles. The van der Waals surface area contributed by atoms with E-state index in [9.17, 15) is 4.39 Å². The fraction of sp³-hybridized carbons (Fsp3) is 0.438. The predicted molar refractivity (Wildman–Crippen MR) is 88.5 cm³/mol. The molecule has 0 radical (unpaired) electrons. The lowest BCUT2D eigenvalue weighted by atomic mass is 9.96. The van der Waals surface area contributed by atoms with Gasteiger partial charge in [-0.05, 0) is 25.0 Å². The highest BCUT2D eigenvalue weighted by atomic mass is 19.1. The minimum absolute atomic E-state index is 0.269. The van der Waals surface area contributed by atoms with Crippen LogP contribution in [0.4, 0.5) is 10.2 Å². The number of rotatable bonds is 4. The molecule has 3 aromatic heterocycles. The van der Waals surface area contributed by atoms with E-state index >= 15 is 0 Å². The summed E-state index contributed by atoms with van der Waals surface area (Å²) in [6.07, 6.45) is 6.58. The van der Waals surface area contributed by atoms with Crippen molar-refractivity contribution in [3.63, 3.8) is 0 Å². The number of nitrogens with zero attached hydrogens (tertiary/aromatic N) is 8. The molecule has 25 heavy (non-hydrogen) atoms. The summed E-state index contributed by atoms with van der Waals surface area (Å²) in [6, 6.07) is 3.06. The molecule has 0 atom stereocenters. The largest absolute Gasteiger partial charge is 0.354 e. The third-order valence-corrected chi connectivity index (χ3v) is 4.67. The van der Waals surface area contributed by atoms with Gasteiger partial charge in [-0.15, -0.1) is 10.2 Å². The lowest BCUT2D eigenvalue weighted by Crippen LogP contribution is -2.34. The summed E-state index contributed by atoms with van der Waals surface area (Å²) in [5, 5.41) is 12.8. The summed E-state index contributed by atoms with van der Waals surface area (Å²) in [4.78, 5) is 10.1. The molecular formula is C16H19FN8. The van der Waals surface area contributed by atoms with Gasteiger partial charge in [-0.25, -0.2) is 19.0 Å². The summed E-state index contributed by atoms with van der Waals surface area (Å²) < 4.78 is 17.7. The molecule has 0 spiro atoms. The highest BCUT2D eigenvalue weighted by Gasteiger charge is 2.26. The van der Waals surface area contributed by atoms with Crippen LogP contribution in [0.2, 0.25) is 0 Å². The molecule has 0 unspecified atom stereocenters. The average Bonchev–Trinajstić information content (AvgIpc) is 3.27. The normalized spacial score (nSPS) is 15.7. The van der Waals surface area contributed by atoms with Gasteiger partial charge in [-0.2, -0.15) is 5.10 Å². The van der Waals surface area contributed by atoms with E-state index in [-0.39, 0.29) is 5.82 Å². The Labute approximate surface area is 144 Å². The van der Waals surface area contributed by atoms with Gasteiger partial charge < -0.3 is 9.47 Å². The van der Waals surface area contributed by atoms with Crippen molar-refractivity contribution < 1.29 is 4.39 Å². The first kappa shape index (κ1) is 15.7. The van der Waals surface area contributed by atoms with Crippen LogP contribution in [0.1, 0.15) is 30.4 Å². The first-order valence-corrected chi connectivity index (χ1v) is 8.28. The zero-order chi connectivity index (χ0) is 17.2. The molecule has 0 bridgehead atoms. The molecule has 1 saturated heterocycles. The van der Waals surface area contributed by atoms with Gasteiger partial charge in [0.25, 0.3) is 0 Å². The molecule has 0 aromatic carbocycles. The van der Waals surface area contributed by atoms with E-state index in [1.165, 1.54) is 12.4 Å². The maximum atomic E-state index is 13.9. The van der Waals surface area contributed by atoms with Crippen LogP contribution in [0, 0.1) is 5.82 Å². The van der Waals surface area contributed by atoms with E-state index in [0.29, 0.717) is 18.3 Å². The SMILES string of the molecule is Cn1c(Cn2cncn2)nnc1C1CCN(c2ncccc2F)CC1. The molecule has 4 heterocycles. The third-order valence-electron chi connectivity index (χ3n) is 4.67. The third kappa shape index (κ3) is 3.09. The van der Waals surface area contributed by atoms with E-state index in [4.69, 9.17) is 0 Å². The Morgan fingerprint density at radius 1 is 1.24 bits per heavy atom. The Kier molecular flexibility index (Phi) is 4.12. The minimum atomic E-state index is -0.269. The fourth-order valence-corrected chi connectivity index (χ4v) is 3.29. The predicted octanol–water partition coefficient (Wildman–Crippen LogP) is 1.37. The van der Waals surface area contributed by atoms with Crippen LogP contribution in [0.25, 0.3) is 0 Å². The molecule has 1 aliphatic heterocycles. The smallest absolute Gasteiger partial charge is 0.165 e. The Morgan fingerprint density at radius 2 is 2.08 bits per heavy atom. The van der Waals surface area contributed by atoms with Gasteiger partial charge in [0, 0.05) is 32.3 Å². The van der Waals surface area contributed by atoms with E-state index in [1.807, 2.05) is 16.5 Å². The minimum Gasteiger partial charge on any atom is -0.354 e. The summed E-state index contributed by atoms with van der Waals surface area (Å²) in [5.41, 5.74) is 0. The van der Waals surface area contributed by atoms with Crippen molar-refractivity contribution in [2.45, 2.75) is 25.3 Å². The standard InChI is InChI=1S/C16H19FN8/c1-23-14(9-25-11-18-10-20-25)21-22-15(23)12-4-7-24(8-5-12)16-13(17)3-2-6-19-16/h2-3,6,10-12H,4-5,7-9H2,1H3. The lowest BCUT2D eigenvalue weighted by Gasteiger charge is -2.32. The second-order valence-corrected chi connectivity index (χ2v) is 6.20. The first-order chi connectivity index (χ1) is 12.2. The highest BCUT2D eigenvalue weighted by molar-refractivity contribution is 5.40. The molecular weight excluding hydrogens is 323 g/mol. The number of halogens is 1. The Bertz CT molecular complexity index is 836. The molecule has 130 valence electrons. The maximum absolute atomic E-state index is 13.9. The van der Waals surface area contributed by atoms with Crippen molar-refractivity contribution in [3.05, 3.63) is 48.5 Å². The second kappa shape index (κ2) is 6.58. The van der Waals surface area contributed by atoms with Gasteiger partial charge in [-0.3, -0.25) is 0 Å².